The molecule has 7 N–H and O–H groups in total. The maximum Gasteiger partial charge on any atom is 0.305 e. The van der Waals surface area contributed by atoms with Crippen molar-refractivity contribution in [3.05, 3.63) is 111 Å². The van der Waals surface area contributed by atoms with E-state index < -0.39 is 60.2 Å². The van der Waals surface area contributed by atoms with E-state index in [-0.39, 0.29) is 67.3 Å². The lowest BCUT2D eigenvalue weighted by atomic mass is 9.88. The van der Waals surface area contributed by atoms with Gasteiger partial charge < -0.3 is 41.5 Å². The second-order valence-corrected chi connectivity index (χ2v) is 26.4. The summed E-state index contributed by atoms with van der Waals surface area (Å²) in [6, 6.07) is 10.9. The third kappa shape index (κ3) is 15.6. The summed E-state index contributed by atoms with van der Waals surface area (Å²) in [5, 5.41) is 40.7. The molecule has 2 aliphatic rings. The first-order valence-electron chi connectivity index (χ1n) is 27.8. The Balaban J connectivity index is 0.00000301. The van der Waals surface area contributed by atoms with Crippen molar-refractivity contribution >= 4 is 122 Å². The molecule has 0 radical (unpaired) electrons. The van der Waals surface area contributed by atoms with E-state index in [1.807, 2.05) is 61.0 Å². The highest BCUT2D eigenvalue weighted by Gasteiger charge is 2.33. The molecule has 1 aliphatic heterocycles. The summed E-state index contributed by atoms with van der Waals surface area (Å²) < 4.78 is 5.47. The molecule has 3 atom stereocenters. The van der Waals surface area contributed by atoms with Crippen LogP contribution in [-0.4, -0.2) is 120 Å². The quantitative estimate of drug-likeness (QED) is 0.0530. The highest BCUT2D eigenvalue weighted by molar-refractivity contribution is 7.15. The lowest BCUT2D eigenvalue weighted by Gasteiger charge is -2.27. The van der Waals surface area contributed by atoms with Crippen molar-refractivity contribution in [3.8, 4) is 43.4 Å². The van der Waals surface area contributed by atoms with E-state index in [0.717, 1.165) is 49.0 Å². The second kappa shape index (κ2) is 29.7. The number of carbonyl (C=O) groups is 8. The Bertz CT molecular complexity index is 3830. The van der Waals surface area contributed by atoms with Crippen LogP contribution in [0.5, 0.6) is 0 Å². The minimum absolute atomic E-state index is 0.0340. The smallest absolute Gasteiger partial charge is 0.305 e. The average molecular weight is 1310 g/mol. The molecule has 7 aromatic heterocycles. The molecule has 1 saturated carbocycles. The molecule has 30 heteroatoms. The number of rotatable bonds is 13. The Labute approximate surface area is 528 Å². The summed E-state index contributed by atoms with van der Waals surface area (Å²) in [6.07, 6.45) is 4.25. The number of benzene rings is 1. The van der Waals surface area contributed by atoms with E-state index >= 15 is 0 Å². The largest absolute Gasteiger partial charge is 0.483 e. The number of amides is 6. The maximum atomic E-state index is 14.4. The zero-order valence-corrected chi connectivity index (χ0v) is 53.1. The molecule has 8 aromatic rings. The van der Waals surface area contributed by atoms with Crippen LogP contribution >= 0.6 is 68.0 Å². The number of hydrogen-bond donors (Lipinski definition) is 7. The van der Waals surface area contributed by atoms with Crippen molar-refractivity contribution < 1.29 is 53.3 Å². The number of thiazole rings is 6. The van der Waals surface area contributed by atoms with E-state index in [1.165, 1.54) is 75.7 Å². The maximum absolute atomic E-state index is 14.4. The fraction of sp³-hybridized carbons (Fsp3) is 0.362. The number of anilines is 1. The molecule has 0 spiro atoms. The minimum Gasteiger partial charge on any atom is -0.483 e. The van der Waals surface area contributed by atoms with Gasteiger partial charge in [0.2, 0.25) is 17.7 Å². The first kappa shape index (κ1) is 64.3. The number of aliphatic carboxylic acids is 1. The summed E-state index contributed by atoms with van der Waals surface area (Å²) >= 11 is 7.47. The number of pyridine rings is 1. The van der Waals surface area contributed by atoms with Crippen LogP contribution in [0.3, 0.4) is 0 Å². The Kier molecular flexibility index (Phi) is 21.7. The lowest BCUT2D eigenvalue weighted by Crippen LogP contribution is -2.39. The van der Waals surface area contributed by atoms with Gasteiger partial charge in [0.05, 0.1) is 54.7 Å². The molecule has 88 heavy (non-hydrogen) atoms. The standard InChI is InChI=1S/C57H59N13O9S6.CH2O2/c1-28(2)44-56-69-47(39(85-56)23-79-5)49(76)59-22-42(72)60-34(20-30-12-8-6-9-13-30)53-65-38(26-82-53)54-63-36(24-81-54)46-32(16-17-33(61-46)52-66-40(27-83-52)70(19-18-43(73)74)57(78)31-14-10-7-11-15-31)51-64-37(25-80-51)48(75)62-35(21-41(71)58-4)55-68-45(29(3)84-55)50(77)67-44;2-1-3/h6,8-9,12-13,16-17,24-28,31,34-35,44H,7,10-11,14-15,18-23H2,1-5H3,(H,58,71)(H,59,76)(H,60,72)(H,62,75)(H,67,77)(H,73,74);1H,(H,2,3)/t34-,35-,44?;/m0./s1. The van der Waals surface area contributed by atoms with Crippen LogP contribution in [0, 0.1) is 18.8 Å². The van der Waals surface area contributed by atoms with Crippen molar-refractivity contribution in [2.75, 3.05) is 32.1 Å². The van der Waals surface area contributed by atoms with Crippen LogP contribution in [-0.2, 0) is 41.7 Å². The van der Waals surface area contributed by atoms with Crippen molar-refractivity contribution in [1.82, 2.24) is 61.5 Å². The predicted molar refractivity (Wildman–Crippen MR) is 336 cm³/mol. The number of methoxy groups -OCH3 is 1. The molecular formula is C58H61N13O11S6. The van der Waals surface area contributed by atoms with Gasteiger partial charge in [0, 0.05) is 58.6 Å². The highest BCUT2D eigenvalue weighted by Crippen LogP contribution is 2.40. The number of carbonyl (C=O) groups excluding carboxylic acids is 6. The fourth-order valence-electron chi connectivity index (χ4n) is 9.78. The van der Waals surface area contributed by atoms with E-state index in [2.05, 4.69) is 26.6 Å². The van der Waals surface area contributed by atoms with Crippen molar-refractivity contribution in [3.63, 3.8) is 0 Å². The van der Waals surface area contributed by atoms with Gasteiger partial charge in [-0.05, 0) is 49.8 Å². The average Bonchev–Trinajstić information content (AvgIpc) is 4.40. The normalized spacial score (nSPS) is 16.7. The molecule has 10 bridgehead atoms. The number of carboxylic acids is 1. The molecule has 8 heterocycles. The van der Waals surface area contributed by atoms with Crippen LogP contribution in [0.25, 0.3) is 43.4 Å². The molecule has 1 unspecified atom stereocenters. The predicted octanol–water partition coefficient (Wildman–Crippen LogP) is 8.91. The van der Waals surface area contributed by atoms with Gasteiger partial charge in [0.25, 0.3) is 24.2 Å². The lowest BCUT2D eigenvalue weighted by molar-refractivity contribution is -0.137. The number of hydrogen-bond acceptors (Lipinski definition) is 22. The summed E-state index contributed by atoms with van der Waals surface area (Å²) in [6.45, 7) is 4.86. The molecular weight excluding hydrogens is 1250 g/mol. The third-order valence-electron chi connectivity index (χ3n) is 14.2. The van der Waals surface area contributed by atoms with Crippen LogP contribution in [0.2, 0.25) is 0 Å². The van der Waals surface area contributed by atoms with Crippen LogP contribution in [0.4, 0.5) is 5.82 Å². The van der Waals surface area contributed by atoms with Gasteiger partial charge in [-0.25, -0.2) is 34.9 Å². The SMILES string of the molecule is CNC(=O)C[C@@H]1NC(=O)c2csc(n2)-c2ccc(-c3nc(N(CCC(=O)O)C(=O)C4CCCCC4)cs3)nc2-c2csc(n2)-c2csc(n2)[C@H](Cc2ccccc2)NC(=O)CNC(=O)c2nc(sc2COC)C(C(C)C)NC(=O)c2nc1sc2C.O=CO. The molecule has 0 saturated heterocycles. The summed E-state index contributed by atoms with van der Waals surface area (Å²) in [7, 11) is 2.97. The second-order valence-electron chi connectivity index (χ2n) is 20.6. The van der Waals surface area contributed by atoms with Crippen molar-refractivity contribution in [2.24, 2.45) is 11.8 Å². The summed E-state index contributed by atoms with van der Waals surface area (Å²) in [5.74, 6) is -3.93. The van der Waals surface area contributed by atoms with Gasteiger partial charge in [-0.1, -0.05) is 63.4 Å². The number of aryl methyl sites for hydroxylation is 1. The molecule has 10 rings (SSSR count). The number of carboxylic acid groups (broad SMARTS) is 2. The third-order valence-corrected chi connectivity index (χ3v) is 19.9. The number of ether oxygens (including phenoxy) is 1. The zero-order valence-electron chi connectivity index (χ0n) is 48.2. The van der Waals surface area contributed by atoms with E-state index in [9.17, 15) is 38.7 Å². The molecule has 24 nitrogen and oxygen atoms in total. The molecule has 1 aliphatic carbocycles. The van der Waals surface area contributed by atoms with Gasteiger partial charge in [-0.2, -0.15) is 0 Å². The Morgan fingerprint density at radius 3 is 2.15 bits per heavy atom. The zero-order chi connectivity index (χ0) is 62.6. The van der Waals surface area contributed by atoms with Gasteiger partial charge in [-0.3, -0.25) is 43.3 Å². The van der Waals surface area contributed by atoms with Gasteiger partial charge in [0.15, 0.2) is 0 Å². The molecule has 1 aromatic carbocycles. The van der Waals surface area contributed by atoms with E-state index in [0.29, 0.717) is 80.4 Å². The topological polar surface area (TPSA) is 340 Å². The number of aromatic nitrogens is 7. The Hall–Kier alpha value is -8.13. The van der Waals surface area contributed by atoms with E-state index in [4.69, 9.17) is 49.5 Å². The molecule has 1 fully saturated rings. The summed E-state index contributed by atoms with van der Waals surface area (Å²) in [5.41, 5.74) is 3.42. The van der Waals surface area contributed by atoms with Crippen LogP contribution in [0.1, 0.15) is 139 Å². The fourth-order valence-corrected chi connectivity index (χ4v) is 15.3. The summed E-state index contributed by atoms with van der Waals surface area (Å²) in [4.78, 5) is 141. The molecule has 460 valence electrons. The van der Waals surface area contributed by atoms with Crippen molar-refractivity contribution in [2.45, 2.75) is 96.9 Å². The Morgan fingerprint density at radius 1 is 0.727 bits per heavy atom. The van der Waals surface area contributed by atoms with Gasteiger partial charge in [-0.15, -0.1) is 68.0 Å². The molecule has 6 amide bonds. The monoisotopic (exact) mass is 1310 g/mol. The van der Waals surface area contributed by atoms with Crippen molar-refractivity contribution in [1.29, 1.82) is 0 Å². The first-order chi connectivity index (χ1) is 42.4. The van der Waals surface area contributed by atoms with Gasteiger partial charge in [0.1, 0.15) is 70.0 Å². The number of nitrogens with one attached hydrogen (secondary N) is 5. The van der Waals surface area contributed by atoms with Crippen LogP contribution < -0.4 is 31.5 Å². The number of fused-ring (bicyclic) bond motifs is 14. The Morgan fingerprint density at radius 2 is 1.42 bits per heavy atom. The number of nitrogens with zero attached hydrogens (tertiary/aromatic N) is 8. The highest BCUT2D eigenvalue weighted by atomic mass is 32.1. The first-order valence-corrected chi connectivity index (χ1v) is 33.0. The van der Waals surface area contributed by atoms with E-state index in [1.54, 1.807) is 23.8 Å². The minimum atomic E-state index is -1.03. The van der Waals surface area contributed by atoms with Crippen LogP contribution in [0.15, 0.2) is 64.0 Å². The van der Waals surface area contributed by atoms with Gasteiger partial charge >= 0.3 is 5.97 Å².